The number of imide groups is 1. The largest absolute Gasteiger partial charge is 0.381 e. The molecule has 0 bridgehead atoms. The highest BCUT2D eigenvalue weighted by Gasteiger charge is 2.39. The van der Waals surface area contributed by atoms with E-state index in [4.69, 9.17) is 14.3 Å². The topological polar surface area (TPSA) is 91.0 Å². The molecule has 2 aromatic rings. The number of carbonyl (C=O) groups excluding carboxylic acids is 3. The smallest absolute Gasteiger partial charge is 0.255 e. The zero-order valence-electron chi connectivity index (χ0n) is 24.8. The standard InChI is InChI=1S/C25H28N4O4/c30-23-8-7-22(24(31)27-23)29-16-20-19(25(29)32)5-2-6-21(20)26-14-17-3-1-4-18(13-17)15-28-9-11-33-12-10-28/h1-6,13,22,26H,7-12,14-16H2,(H,27,30,31)/i7D2,8D2,14D2,22D. The van der Waals surface area contributed by atoms with Crippen molar-refractivity contribution in [2.75, 3.05) is 31.6 Å². The summed E-state index contributed by atoms with van der Waals surface area (Å²) in [5.74, 6) is -3.90. The van der Waals surface area contributed by atoms with E-state index in [2.05, 4.69) is 10.2 Å². The van der Waals surface area contributed by atoms with Crippen LogP contribution in [0.3, 0.4) is 0 Å². The van der Waals surface area contributed by atoms with Crippen LogP contribution in [0.5, 0.6) is 0 Å². The Bertz CT molecular complexity index is 1380. The molecule has 3 aliphatic rings. The fourth-order valence-electron chi connectivity index (χ4n) is 4.09. The fraction of sp³-hybridized carbons (Fsp3) is 0.400. The van der Waals surface area contributed by atoms with Gasteiger partial charge in [0.2, 0.25) is 11.8 Å². The average molecular weight is 456 g/mol. The first-order chi connectivity index (χ1) is 18.7. The lowest BCUT2D eigenvalue weighted by Gasteiger charge is -2.29. The first-order valence-corrected chi connectivity index (χ1v) is 10.7. The minimum Gasteiger partial charge on any atom is -0.381 e. The van der Waals surface area contributed by atoms with Gasteiger partial charge in [-0.25, -0.2) is 0 Å². The molecule has 8 heteroatoms. The summed E-state index contributed by atoms with van der Waals surface area (Å²) in [6, 6.07) is 8.37. The van der Waals surface area contributed by atoms with Gasteiger partial charge < -0.3 is 15.0 Å². The first-order valence-electron chi connectivity index (χ1n) is 14.2. The van der Waals surface area contributed by atoms with Crippen molar-refractivity contribution in [1.29, 1.82) is 0 Å². The Kier molecular flexibility index (Phi) is 4.19. The van der Waals surface area contributed by atoms with Crippen LogP contribution in [0, 0.1) is 0 Å². The Morgan fingerprint density at radius 2 is 1.94 bits per heavy atom. The number of hydrogen-bond acceptors (Lipinski definition) is 6. The summed E-state index contributed by atoms with van der Waals surface area (Å²) in [5, 5.41) is 4.50. The monoisotopic (exact) mass is 455 g/mol. The number of amides is 3. The van der Waals surface area contributed by atoms with Crippen molar-refractivity contribution in [1.82, 2.24) is 15.1 Å². The second kappa shape index (κ2) is 9.33. The van der Waals surface area contributed by atoms with Gasteiger partial charge in [0.05, 0.1) is 17.3 Å². The minimum absolute atomic E-state index is 0.00885. The van der Waals surface area contributed by atoms with E-state index in [-0.39, 0.29) is 16.8 Å². The van der Waals surface area contributed by atoms with E-state index in [1.54, 1.807) is 23.5 Å². The molecule has 0 aliphatic carbocycles. The third-order valence-electron chi connectivity index (χ3n) is 5.75. The highest BCUT2D eigenvalue weighted by Crippen LogP contribution is 2.32. The molecule has 3 amide bonds. The van der Waals surface area contributed by atoms with Crippen LogP contribution in [0.2, 0.25) is 0 Å². The van der Waals surface area contributed by atoms with Crippen molar-refractivity contribution in [2.45, 2.75) is 38.4 Å². The number of anilines is 1. The Balaban J connectivity index is 1.43. The Morgan fingerprint density at radius 3 is 2.79 bits per heavy atom. The molecule has 0 saturated carbocycles. The van der Waals surface area contributed by atoms with Crippen molar-refractivity contribution in [3.8, 4) is 0 Å². The lowest BCUT2D eigenvalue weighted by molar-refractivity contribution is -0.136. The number of carbonyl (C=O) groups is 3. The quantitative estimate of drug-likeness (QED) is 0.647. The van der Waals surface area contributed by atoms with Gasteiger partial charge in [-0.15, -0.1) is 0 Å². The van der Waals surface area contributed by atoms with Crippen LogP contribution in [-0.4, -0.2) is 59.8 Å². The number of morpholine rings is 1. The molecule has 1 atom stereocenters. The molecule has 0 spiro atoms. The molecule has 2 fully saturated rings. The predicted molar refractivity (Wildman–Crippen MR) is 122 cm³/mol. The van der Waals surface area contributed by atoms with Gasteiger partial charge in [-0.05, 0) is 29.6 Å². The van der Waals surface area contributed by atoms with Crippen molar-refractivity contribution in [3.63, 3.8) is 0 Å². The molecule has 2 N–H and O–H groups in total. The van der Waals surface area contributed by atoms with Gasteiger partial charge in [-0.3, -0.25) is 24.6 Å². The lowest BCUT2D eigenvalue weighted by Crippen LogP contribution is -2.52. The van der Waals surface area contributed by atoms with Gasteiger partial charge in [-0.1, -0.05) is 30.3 Å². The van der Waals surface area contributed by atoms with Gasteiger partial charge in [0.25, 0.3) is 5.91 Å². The maximum atomic E-state index is 13.4. The number of benzene rings is 2. The summed E-state index contributed by atoms with van der Waals surface area (Å²) in [7, 11) is 0. The summed E-state index contributed by atoms with van der Waals surface area (Å²) < 4.78 is 64.0. The van der Waals surface area contributed by atoms with Gasteiger partial charge in [0, 0.05) is 61.3 Å². The van der Waals surface area contributed by atoms with E-state index in [1.165, 1.54) is 18.2 Å². The fourth-order valence-corrected chi connectivity index (χ4v) is 4.09. The van der Waals surface area contributed by atoms with E-state index in [9.17, 15) is 14.4 Å². The molecule has 0 radical (unpaired) electrons. The molecular formula is C25H28N4O4. The summed E-state index contributed by atoms with van der Waals surface area (Å²) >= 11 is 0. The summed E-state index contributed by atoms with van der Waals surface area (Å²) in [6.45, 7) is 0.875. The second-order valence-corrected chi connectivity index (χ2v) is 7.94. The third kappa shape index (κ3) is 4.62. The first kappa shape index (κ1) is 14.8. The maximum Gasteiger partial charge on any atom is 0.255 e. The highest BCUT2D eigenvalue weighted by atomic mass is 16.5. The number of hydrogen-bond donors (Lipinski definition) is 2. The van der Waals surface area contributed by atoms with Gasteiger partial charge >= 0.3 is 0 Å². The van der Waals surface area contributed by atoms with Crippen molar-refractivity contribution in [3.05, 3.63) is 64.7 Å². The van der Waals surface area contributed by atoms with E-state index in [0.29, 0.717) is 30.2 Å². The van der Waals surface area contributed by atoms with Crippen LogP contribution in [0.25, 0.3) is 0 Å². The molecule has 3 aliphatic heterocycles. The second-order valence-electron chi connectivity index (χ2n) is 7.94. The van der Waals surface area contributed by atoms with Crippen LogP contribution >= 0.6 is 0 Å². The predicted octanol–water partition coefficient (Wildman–Crippen LogP) is 1.89. The normalized spacial score (nSPS) is 30.0. The number of piperidine rings is 1. The molecule has 33 heavy (non-hydrogen) atoms. The molecule has 5 rings (SSSR count). The summed E-state index contributed by atoms with van der Waals surface area (Å²) in [5.41, 5.74) is 1.67. The maximum absolute atomic E-state index is 13.4. The van der Waals surface area contributed by atoms with Crippen LogP contribution in [-0.2, 0) is 33.9 Å². The number of nitrogens with zero attached hydrogens (tertiary/aromatic N) is 2. The number of ether oxygens (including phenoxy) is 1. The SMILES string of the molecule is [2H]C([2H])(Nc1cccc2c1CN(C1([2H])C(=O)NC(=O)C([2H])([2H])C1([2H])[2H])C2=O)c1cccc(CN2CCOCC2)c1. The summed E-state index contributed by atoms with van der Waals surface area (Å²) in [4.78, 5) is 41.0. The highest BCUT2D eigenvalue weighted by molar-refractivity contribution is 6.06. The van der Waals surface area contributed by atoms with E-state index in [1.807, 2.05) is 6.07 Å². The van der Waals surface area contributed by atoms with Crippen molar-refractivity contribution in [2.24, 2.45) is 0 Å². The van der Waals surface area contributed by atoms with Crippen LogP contribution < -0.4 is 10.6 Å². The average Bonchev–Trinajstić information content (AvgIpc) is 3.25. The van der Waals surface area contributed by atoms with Crippen molar-refractivity contribution < 1.29 is 28.7 Å². The van der Waals surface area contributed by atoms with Crippen LogP contribution in [0.4, 0.5) is 5.69 Å². The molecular weight excluding hydrogens is 420 g/mol. The van der Waals surface area contributed by atoms with Crippen LogP contribution in [0.1, 0.15) is 49.4 Å². The number of fused-ring (bicyclic) bond motifs is 1. The zero-order valence-corrected chi connectivity index (χ0v) is 17.8. The van der Waals surface area contributed by atoms with E-state index in [0.717, 1.165) is 18.7 Å². The Hall–Kier alpha value is -3.23. The Labute approximate surface area is 202 Å². The van der Waals surface area contributed by atoms with E-state index >= 15 is 0 Å². The van der Waals surface area contributed by atoms with E-state index < -0.39 is 49.5 Å². The van der Waals surface area contributed by atoms with Gasteiger partial charge in [-0.2, -0.15) is 0 Å². The Morgan fingerprint density at radius 1 is 1.15 bits per heavy atom. The molecule has 3 heterocycles. The number of rotatable bonds is 6. The molecule has 172 valence electrons. The van der Waals surface area contributed by atoms with Crippen molar-refractivity contribution >= 4 is 23.4 Å². The summed E-state index contributed by atoms with van der Waals surface area (Å²) in [6.07, 6.45) is -6.66. The van der Waals surface area contributed by atoms with Crippen LogP contribution in [0.15, 0.2) is 42.5 Å². The minimum atomic E-state index is -3.39. The lowest BCUT2D eigenvalue weighted by atomic mass is 10.0. The molecule has 8 nitrogen and oxygen atoms in total. The zero-order chi connectivity index (χ0) is 29.1. The molecule has 2 aromatic carbocycles. The molecule has 0 aromatic heterocycles. The third-order valence-corrected chi connectivity index (χ3v) is 5.75. The molecule has 2 saturated heterocycles. The van der Waals surface area contributed by atoms with Gasteiger partial charge in [0.1, 0.15) is 6.02 Å². The van der Waals surface area contributed by atoms with Gasteiger partial charge in [0.15, 0.2) is 0 Å². The molecule has 1 unspecified atom stereocenters. The number of nitrogens with one attached hydrogen (secondary N) is 2.